The largest absolute Gasteiger partial charge is 0.308 e. The molecule has 0 unspecified atom stereocenters. The molecule has 2 aromatic heterocycles. The van der Waals surface area contributed by atoms with Gasteiger partial charge in [-0.2, -0.15) is 26.3 Å². The number of benzene rings is 5. The Balaban J connectivity index is 1.64. The van der Waals surface area contributed by atoms with Crippen molar-refractivity contribution in [2.75, 3.05) is 0 Å². The normalized spacial score (nSPS) is 10.4. The molecule has 47 heavy (non-hydrogen) atoms. The molecule has 7 nitrogen and oxygen atoms in total. The van der Waals surface area contributed by atoms with Gasteiger partial charge in [0.2, 0.25) is 0 Å². The predicted octanol–water partition coefficient (Wildman–Crippen LogP) is 8.54. The molecule has 0 amide bonds. The van der Waals surface area contributed by atoms with E-state index in [1.807, 2.05) is 66.7 Å². The number of nitriles is 5. The zero-order valence-corrected chi connectivity index (χ0v) is 24.6. The lowest BCUT2D eigenvalue weighted by Gasteiger charge is -2.16. The second-order valence-electron chi connectivity index (χ2n) is 10.8. The van der Waals surface area contributed by atoms with Gasteiger partial charge in [0.25, 0.3) is 0 Å². The van der Waals surface area contributed by atoms with Crippen LogP contribution in [-0.2, 0) is 0 Å². The van der Waals surface area contributed by atoms with Gasteiger partial charge in [-0.25, -0.2) is 0 Å². The van der Waals surface area contributed by atoms with E-state index in [0.717, 1.165) is 44.1 Å². The standard InChI is InChI=1S/C40H19N7/c41-20-25-7-10-33(28(17-25)22-43)35-3-1-5-37-38-6-2-4-36(34-11-8-26(21-42)18-29(34)23-44)40(38)47(39(35)37)31-9-12-32(30(19-31)24-45)27-13-15-46-16-14-27/h1-19H. The maximum absolute atomic E-state index is 10.3. The molecule has 214 valence electrons. The molecule has 0 fully saturated rings. The van der Waals surface area contributed by atoms with Gasteiger partial charge in [0.05, 0.1) is 69.2 Å². The molecule has 7 heteroatoms. The number of fused-ring (bicyclic) bond motifs is 3. The highest BCUT2D eigenvalue weighted by atomic mass is 15.0. The van der Waals surface area contributed by atoms with Crippen molar-refractivity contribution in [2.45, 2.75) is 0 Å². The first-order valence-electron chi connectivity index (χ1n) is 14.5. The van der Waals surface area contributed by atoms with Gasteiger partial charge in [0.15, 0.2) is 0 Å². The Morgan fingerprint density at radius 2 is 0.936 bits per heavy atom. The van der Waals surface area contributed by atoms with Crippen LogP contribution in [0, 0.1) is 56.7 Å². The van der Waals surface area contributed by atoms with Crippen molar-refractivity contribution in [3.63, 3.8) is 0 Å². The second kappa shape index (κ2) is 11.5. The molecule has 0 bridgehead atoms. The van der Waals surface area contributed by atoms with Crippen molar-refractivity contribution in [1.29, 1.82) is 26.3 Å². The average molecular weight is 598 g/mol. The average Bonchev–Trinajstić information content (AvgIpc) is 3.49. The first kappa shape index (κ1) is 28.3. The Hall–Kier alpha value is -7.50. The minimum absolute atomic E-state index is 0.359. The van der Waals surface area contributed by atoms with Gasteiger partial charge in [-0.15, -0.1) is 0 Å². The molecule has 0 radical (unpaired) electrons. The van der Waals surface area contributed by atoms with Crippen molar-refractivity contribution < 1.29 is 0 Å². The summed E-state index contributed by atoms with van der Waals surface area (Å²) in [6.07, 6.45) is 3.37. The van der Waals surface area contributed by atoms with Gasteiger partial charge in [-0.1, -0.05) is 54.6 Å². The van der Waals surface area contributed by atoms with Crippen LogP contribution < -0.4 is 0 Å². The van der Waals surface area contributed by atoms with Crippen LogP contribution in [-0.4, -0.2) is 9.55 Å². The first-order chi connectivity index (χ1) is 23.1. The third-order valence-corrected chi connectivity index (χ3v) is 8.30. The van der Waals surface area contributed by atoms with Crippen LogP contribution in [0.5, 0.6) is 0 Å². The van der Waals surface area contributed by atoms with E-state index in [0.29, 0.717) is 44.6 Å². The van der Waals surface area contributed by atoms with E-state index in [2.05, 4.69) is 39.9 Å². The lowest BCUT2D eigenvalue weighted by atomic mass is 9.95. The van der Waals surface area contributed by atoms with Crippen molar-refractivity contribution in [3.05, 3.63) is 143 Å². The fourth-order valence-electron chi connectivity index (χ4n) is 6.24. The summed E-state index contributed by atoms with van der Waals surface area (Å²) in [4.78, 5) is 4.11. The Morgan fingerprint density at radius 1 is 0.447 bits per heavy atom. The van der Waals surface area contributed by atoms with E-state index in [-0.39, 0.29) is 0 Å². The van der Waals surface area contributed by atoms with E-state index < -0.39 is 0 Å². The zero-order valence-electron chi connectivity index (χ0n) is 24.6. The van der Waals surface area contributed by atoms with Crippen LogP contribution >= 0.6 is 0 Å². The van der Waals surface area contributed by atoms with E-state index in [9.17, 15) is 26.3 Å². The third-order valence-electron chi connectivity index (χ3n) is 8.30. The zero-order chi connectivity index (χ0) is 32.5. The summed E-state index contributed by atoms with van der Waals surface area (Å²) in [7, 11) is 0. The molecule has 0 aliphatic carbocycles. The lowest BCUT2D eigenvalue weighted by Crippen LogP contribution is -2.00. The van der Waals surface area contributed by atoms with Gasteiger partial charge >= 0.3 is 0 Å². The minimum atomic E-state index is 0.359. The van der Waals surface area contributed by atoms with Crippen molar-refractivity contribution in [1.82, 2.24) is 9.55 Å². The van der Waals surface area contributed by atoms with Crippen LogP contribution in [0.1, 0.15) is 27.8 Å². The highest BCUT2D eigenvalue weighted by molar-refractivity contribution is 6.17. The minimum Gasteiger partial charge on any atom is -0.308 e. The van der Waals surface area contributed by atoms with Gasteiger partial charge in [0.1, 0.15) is 0 Å². The summed E-state index contributed by atoms with van der Waals surface area (Å²) in [5.41, 5.74) is 8.72. The van der Waals surface area contributed by atoms with Crippen LogP contribution in [0.15, 0.2) is 116 Å². The summed E-state index contributed by atoms with van der Waals surface area (Å²) < 4.78 is 2.07. The first-order valence-corrected chi connectivity index (χ1v) is 14.5. The molecule has 0 N–H and O–H groups in total. The summed E-state index contributed by atoms with van der Waals surface area (Å²) in [5, 5.41) is 51.4. The number of rotatable bonds is 4. The number of hydrogen-bond acceptors (Lipinski definition) is 6. The Labute approximate surface area is 269 Å². The summed E-state index contributed by atoms with van der Waals surface area (Å²) in [6, 6.07) is 42.5. The van der Waals surface area contributed by atoms with E-state index in [1.165, 1.54) is 0 Å². The Bertz CT molecular complexity index is 2500. The van der Waals surface area contributed by atoms with E-state index in [1.54, 1.807) is 48.8 Å². The highest BCUT2D eigenvalue weighted by Gasteiger charge is 2.22. The van der Waals surface area contributed by atoms with Gasteiger partial charge < -0.3 is 4.57 Å². The quantitative estimate of drug-likeness (QED) is 0.199. The molecule has 0 saturated heterocycles. The van der Waals surface area contributed by atoms with Gasteiger partial charge in [-0.3, -0.25) is 4.98 Å². The van der Waals surface area contributed by atoms with Crippen molar-refractivity contribution in [3.8, 4) is 69.4 Å². The number of nitrogens with zero attached hydrogens (tertiary/aromatic N) is 7. The molecule has 7 rings (SSSR count). The van der Waals surface area contributed by atoms with Gasteiger partial charge in [0, 0.05) is 51.1 Å². The second-order valence-corrected chi connectivity index (χ2v) is 10.8. The molecular weight excluding hydrogens is 578 g/mol. The third kappa shape index (κ3) is 4.61. The van der Waals surface area contributed by atoms with E-state index >= 15 is 0 Å². The summed E-state index contributed by atoms with van der Waals surface area (Å²) >= 11 is 0. The number of para-hydroxylation sites is 2. The van der Waals surface area contributed by atoms with Crippen LogP contribution in [0.25, 0.3) is 60.9 Å². The molecule has 0 aliphatic rings. The van der Waals surface area contributed by atoms with E-state index in [4.69, 9.17) is 0 Å². The molecule has 0 spiro atoms. The molecular formula is C40H19N7. The smallest absolute Gasteiger partial charge is 0.0998 e. The molecule has 0 atom stereocenters. The van der Waals surface area contributed by atoms with Crippen molar-refractivity contribution in [2.24, 2.45) is 0 Å². The SMILES string of the molecule is N#Cc1ccc(-c2cccc3c4cccc(-c5ccc(C#N)cc5C#N)c4n(-c4ccc(-c5ccncc5)c(C#N)c4)c23)c(C#N)c1. The van der Waals surface area contributed by atoms with Crippen LogP contribution in [0.2, 0.25) is 0 Å². The van der Waals surface area contributed by atoms with Crippen LogP contribution in [0.3, 0.4) is 0 Å². The monoisotopic (exact) mass is 597 g/mol. The summed E-state index contributed by atoms with van der Waals surface area (Å²) in [5.74, 6) is 0. The lowest BCUT2D eigenvalue weighted by molar-refractivity contribution is 1.18. The molecule has 2 heterocycles. The summed E-state index contributed by atoms with van der Waals surface area (Å²) in [6.45, 7) is 0. The maximum atomic E-state index is 10.3. The van der Waals surface area contributed by atoms with Crippen molar-refractivity contribution >= 4 is 21.8 Å². The number of aromatic nitrogens is 2. The fraction of sp³-hybridized carbons (Fsp3) is 0. The Morgan fingerprint density at radius 3 is 1.43 bits per heavy atom. The highest BCUT2D eigenvalue weighted by Crippen LogP contribution is 2.43. The maximum Gasteiger partial charge on any atom is 0.0998 e. The van der Waals surface area contributed by atoms with Gasteiger partial charge in [-0.05, 0) is 59.7 Å². The van der Waals surface area contributed by atoms with Crippen LogP contribution in [0.4, 0.5) is 0 Å². The fourth-order valence-corrected chi connectivity index (χ4v) is 6.24. The predicted molar refractivity (Wildman–Crippen MR) is 178 cm³/mol. The molecule has 0 aliphatic heterocycles. The Kier molecular flexibility index (Phi) is 6.94. The topological polar surface area (TPSA) is 137 Å². The molecule has 0 saturated carbocycles. The molecule has 5 aromatic carbocycles. The molecule has 7 aromatic rings. The number of hydrogen-bond donors (Lipinski definition) is 0. The number of pyridine rings is 1.